The third kappa shape index (κ3) is 2.18. The molecule has 0 radical (unpaired) electrons. The highest BCUT2D eigenvalue weighted by molar-refractivity contribution is 5.30. The summed E-state index contributed by atoms with van der Waals surface area (Å²) in [4.78, 5) is 0. The van der Waals surface area contributed by atoms with Gasteiger partial charge in [-0.2, -0.15) is 0 Å². The topological polar surface area (TPSA) is 40.5 Å². The van der Waals surface area contributed by atoms with Crippen LogP contribution in [0, 0.1) is 0 Å². The van der Waals surface area contributed by atoms with Crippen LogP contribution in [0.2, 0.25) is 0 Å². The van der Waals surface area contributed by atoms with Crippen molar-refractivity contribution in [1.82, 2.24) is 0 Å². The van der Waals surface area contributed by atoms with Crippen molar-refractivity contribution in [3.63, 3.8) is 0 Å². The minimum Gasteiger partial charge on any atom is -0.385 e. The SMILES string of the molecule is O[C@]1(c2ccccc2)CC[C@@](O)(c2ccccc2)C1. The standard InChI is InChI=1S/C17H18O2/c18-16(14-7-3-1-4-8-14)11-12-17(19,13-16)15-9-5-2-6-10-15/h1-10,18-19H,11-13H2/t16-,17+. The molecule has 19 heavy (non-hydrogen) atoms. The van der Waals surface area contributed by atoms with E-state index in [0.29, 0.717) is 19.3 Å². The van der Waals surface area contributed by atoms with Crippen molar-refractivity contribution in [3.8, 4) is 0 Å². The van der Waals surface area contributed by atoms with Gasteiger partial charge in [0.25, 0.3) is 0 Å². The van der Waals surface area contributed by atoms with E-state index in [2.05, 4.69) is 0 Å². The van der Waals surface area contributed by atoms with Crippen molar-refractivity contribution in [2.45, 2.75) is 30.5 Å². The fourth-order valence-corrected chi connectivity index (χ4v) is 3.06. The maximum Gasteiger partial charge on any atom is 0.0928 e. The molecule has 0 spiro atoms. The molecular weight excluding hydrogens is 236 g/mol. The van der Waals surface area contributed by atoms with Crippen molar-refractivity contribution < 1.29 is 10.2 Å². The number of benzene rings is 2. The van der Waals surface area contributed by atoms with E-state index < -0.39 is 11.2 Å². The van der Waals surface area contributed by atoms with Crippen LogP contribution in [0.25, 0.3) is 0 Å². The van der Waals surface area contributed by atoms with Crippen molar-refractivity contribution >= 4 is 0 Å². The van der Waals surface area contributed by atoms with Crippen molar-refractivity contribution in [3.05, 3.63) is 71.8 Å². The second kappa shape index (κ2) is 4.48. The van der Waals surface area contributed by atoms with Crippen LogP contribution in [0.15, 0.2) is 60.7 Å². The molecule has 2 heteroatoms. The Kier molecular flexibility index (Phi) is 2.92. The van der Waals surface area contributed by atoms with E-state index in [9.17, 15) is 10.2 Å². The molecule has 1 aliphatic carbocycles. The number of hydrogen-bond donors (Lipinski definition) is 2. The molecule has 2 aromatic rings. The predicted molar refractivity (Wildman–Crippen MR) is 74.5 cm³/mol. The summed E-state index contributed by atoms with van der Waals surface area (Å²) in [6, 6.07) is 19.3. The summed E-state index contributed by atoms with van der Waals surface area (Å²) in [5.74, 6) is 0. The summed E-state index contributed by atoms with van der Waals surface area (Å²) in [6.45, 7) is 0. The van der Waals surface area contributed by atoms with Gasteiger partial charge in [0.05, 0.1) is 11.2 Å². The Labute approximate surface area is 113 Å². The highest BCUT2D eigenvalue weighted by Crippen LogP contribution is 2.49. The molecule has 0 unspecified atom stereocenters. The smallest absolute Gasteiger partial charge is 0.0928 e. The molecule has 0 bridgehead atoms. The molecular formula is C17H18O2. The quantitative estimate of drug-likeness (QED) is 0.865. The lowest BCUT2D eigenvalue weighted by Crippen LogP contribution is -2.28. The highest BCUT2D eigenvalue weighted by atomic mass is 16.3. The Balaban J connectivity index is 1.92. The van der Waals surface area contributed by atoms with E-state index >= 15 is 0 Å². The average Bonchev–Trinajstić information content (AvgIpc) is 2.80. The molecule has 2 aromatic carbocycles. The fraction of sp³-hybridized carbons (Fsp3) is 0.294. The molecule has 2 nitrogen and oxygen atoms in total. The molecule has 0 amide bonds. The lowest BCUT2D eigenvalue weighted by molar-refractivity contribution is -0.0143. The van der Waals surface area contributed by atoms with Gasteiger partial charge in [0, 0.05) is 6.42 Å². The zero-order valence-electron chi connectivity index (χ0n) is 10.8. The van der Waals surface area contributed by atoms with E-state index in [0.717, 1.165) is 11.1 Å². The van der Waals surface area contributed by atoms with Gasteiger partial charge in [-0.1, -0.05) is 60.7 Å². The second-order valence-corrected chi connectivity index (χ2v) is 5.47. The first-order valence-corrected chi connectivity index (χ1v) is 6.68. The Morgan fingerprint density at radius 3 is 1.37 bits per heavy atom. The zero-order valence-corrected chi connectivity index (χ0v) is 10.8. The van der Waals surface area contributed by atoms with Crippen molar-refractivity contribution in [2.24, 2.45) is 0 Å². The maximum atomic E-state index is 10.8. The Morgan fingerprint density at radius 2 is 1.00 bits per heavy atom. The van der Waals surface area contributed by atoms with Gasteiger partial charge in [-0.25, -0.2) is 0 Å². The molecule has 0 saturated heterocycles. The average molecular weight is 254 g/mol. The molecule has 1 fully saturated rings. The van der Waals surface area contributed by atoms with E-state index in [1.807, 2.05) is 60.7 Å². The van der Waals surface area contributed by atoms with Gasteiger partial charge in [0.15, 0.2) is 0 Å². The van der Waals surface area contributed by atoms with E-state index in [-0.39, 0.29) is 0 Å². The minimum absolute atomic E-state index is 0.355. The van der Waals surface area contributed by atoms with E-state index in [4.69, 9.17) is 0 Å². The molecule has 2 atom stereocenters. The Bertz CT molecular complexity index is 500. The van der Waals surface area contributed by atoms with Crippen molar-refractivity contribution in [2.75, 3.05) is 0 Å². The van der Waals surface area contributed by atoms with Crippen LogP contribution in [0.4, 0.5) is 0 Å². The first-order chi connectivity index (χ1) is 9.12. The molecule has 3 rings (SSSR count). The Hall–Kier alpha value is -1.64. The van der Waals surface area contributed by atoms with Gasteiger partial charge < -0.3 is 10.2 Å². The van der Waals surface area contributed by atoms with Crippen LogP contribution in [-0.2, 0) is 11.2 Å². The van der Waals surface area contributed by atoms with Gasteiger partial charge in [0.2, 0.25) is 0 Å². The first kappa shape index (κ1) is 12.4. The van der Waals surface area contributed by atoms with Gasteiger partial charge in [-0.15, -0.1) is 0 Å². The van der Waals surface area contributed by atoms with E-state index in [1.165, 1.54) is 0 Å². The van der Waals surface area contributed by atoms with Gasteiger partial charge in [-0.05, 0) is 24.0 Å². The highest BCUT2D eigenvalue weighted by Gasteiger charge is 2.47. The minimum atomic E-state index is -0.925. The third-order valence-corrected chi connectivity index (χ3v) is 4.16. The molecule has 0 aromatic heterocycles. The van der Waals surface area contributed by atoms with E-state index in [1.54, 1.807) is 0 Å². The molecule has 0 heterocycles. The van der Waals surface area contributed by atoms with Gasteiger partial charge in [0.1, 0.15) is 0 Å². The lowest BCUT2D eigenvalue weighted by atomic mass is 9.87. The zero-order chi connectivity index (χ0) is 13.3. The summed E-state index contributed by atoms with van der Waals surface area (Å²) < 4.78 is 0. The van der Waals surface area contributed by atoms with Crippen LogP contribution >= 0.6 is 0 Å². The molecule has 1 saturated carbocycles. The van der Waals surface area contributed by atoms with Crippen LogP contribution < -0.4 is 0 Å². The summed E-state index contributed by atoms with van der Waals surface area (Å²) in [6.07, 6.45) is 1.53. The van der Waals surface area contributed by atoms with Crippen LogP contribution in [0.1, 0.15) is 30.4 Å². The largest absolute Gasteiger partial charge is 0.385 e. The van der Waals surface area contributed by atoms with Crippen molar-refractivity contribution in [1.29, 1.82) is 0 Å². The van der Waals surface area contributed by atoms with Crippen LogP contribution in [-0.4, -0.2) is 10.2 Å². The molecule has 1 aliphatic rings. The Morgan fingerprint density at radius 1 is 0.632 bits per heavy atom. The van der Waals surface area contributed by atoms with Crippen LogP contribution in [0.5, 0.6) is 0 Å². The monoisotopic (exact) mass is 254 g/mol. The lowest BCUT2D eigenvalue weighted by Gasteiger charge is -2.27. The summed E-state index contributed by atoms with van der Waals surface area (Å²) in [5.41, 5.74) is -0.0683. The first-order valence-electron chi connectivity index (χ1n) is 6.68. The maximum absolute atomic E-state index is 10.8. The van der Waals surface area contributed by atoms with Gasteiger partial charge >= 0.3 is 0 Å². The van der Waals surface area contributed by atoms with Gasteiger partial charge in [-0.3, -0.25) is 0 Å². The summed E-state index contributed by atoms with van der Waals surface area (Å²) in [5, 5.41) is 21.6. The molecule has 0 aliphatic heterocycles. The van der Waals surface area contributed by atoms with Crippen LogP contribution in [0.3, 0.4) is 0 Å². The second-order valence-electron chi connectivity index (χ2n) is 5.47. The number of hydrogen-bond acceptors (Lipinski definition) is 2. The normalized spacial score (nSPS) is 30.4. The molecule has 98 valence electrons. The number of aliphatic hydroxyl groups is 2. The molecule has 2 N–H and O–H groups in total. The summed E-state index contributed by atoms with van der Waals surface area (Å²) in [7, 11) is 0. The third-order valence-electron chi connectivity index (χ3n) is 4.16. The fourth-order valence-electron chi connectivity index (χ4n) is 3.06. The number of rotatable bonds is 2. The summed E-state index contributed by atoms with van der Waals surface area (Å²) >= 11 is 0. The predicted octanol–water partition coefficient (Wildman–Crippen LogP) is 2.95.